The first-order valence-electron chi connectivity index (χ1n) is 9.97. The minimum Gasteiger partial charge on any atom is -0.497 e. The van der Waals surface area contributed by atoms with Gasteiger partial charge in [0.05, 0.1) is 7.11 Å². The third-order valence-corrected chi connectivity index (χ3v) is 5.48. The fourth-order valence-electron chi connectivity index (χ4n) is 3.87. The fourth-order valence-corrected chi connectivity index (χ4v) is 3.87. The number of ether oxygens (including phenoxy) is 2. The van der Waals surface area contributed by atoms with Gasteiger partial charge in [0.15, 0.2) is 0 Å². The maximum Gasteiger partial charge on any atom is 0.303 e. The van der Waals surface area contributed by atoms with Crippen molar-refractivity contribution in [3.8, 4) is 22.6 Å². The van der Waals surface area contributed by atoms with Gasteiger partial charge in [0.25, 0.3) is 0 Å². The number of fused-ring (bicyclic) bond motifs is 1. The molecule has 4 rings (SSSR count). The topological polar surface area (TPSA) is 55.8 Å². The van der Waals surface area contributed by atoms with Crippen LogP contribution in [0.5, 0.6) is 11.5 Å². The van der Waals surface area contributed by atoms with Crippen LogP contribution in [0.2, 0.25) is 0 Å². The van der Waals surface area contributed by atoms with E-state index in [1.807, 2.05) is 42.5 Å². The summed E-state index contributed by atoms with van der Waals surface area (Å²) in [5.74, 6) is 0.311. The third-order valence-electron chi connectivity index (χ3n) is 5.48. The molecular weight excluding hydrogens is 383 g/mol. The molecule has 1 unspecified atom stereocenters. The van der Waals surface area contributed by atoms with Crippen LogP contribution in [0.25, 0.3) is 11.1 Å². The highest BCUT2D eigenvalue weighted by Gasteiger charge is 2.25. The van der Waals surface area contributed by atoms with Crippen molar-refractivity contribution in [1.82, 2.24) is 0 Å². The lowest BCUT2D eigenvalue weighted by Crippen LogP contribution is -2.03. The second kappa shape index (κ2) is 8.57. The molecule has 1 aliphatic rings. The molecule has 0 radical (unpaired) electrons. The van der Waals surface area contributed by atoms with Crippen LogP contribution in [0, 0.1) is 5.82 Å². The first kappa shape index (κ1) is 20.0. The van der Waals surface area contributed by atoms with Gasteiger partial charge < -0.3 is 14.6 Å². The lowest BCUT2D eigenvalue weighted by atomic mass is 9.99. The number of aliphatic carboxylic acids is 1. The van der Waals surface area contributed by atoms with Crippen molar-refractivity contribution >= 4 is 5.97 Å². The van der Waals surface area contributed by atoms with E-state index in [2.05, 4.69) is 0 Å². The zero-order valence-electron chi connectivity index (χ0n) is 16.7. The molecule has 1 N–H and O–H groups in total. The van der Waals surface area contributed by atoms with Gasteiger partial charge in [0.1, 0.15) is 23.4 Å². The fraction of sp³-hybridized carbons (Fsp3) is 0.240. The monoisotopic (exact) mass is 406 g/mol. The van der Waals surface area contributed by atoms with Crippen molar-refractivity contribution in [2.24, 2.45) is 0 Å². The highest BCUT2D eigenvalue weighted by atomic mass is 19.1. The SMILES string of the molecule is COc1ccc(F)c(-c2ccc3c(c2)CCC3Oc2ccc(CCC(=O)O)cc2)c1. The Morgan fingerprint density at radius 1 is 1.07 bits per heavy atom. The van der Waals surface area contributed by atoms with Crippen molar-refractivity contribution < 1.29 is 23.8 Å². The number of carboxylic acid groups (broad SMARTS) is 1. The number of carbonyl (C=O) groups is 1. The van der Waals surface area contributed by atoms with E-state index in [0.29, 0.717) is 17.7 Å². The second-order valence-corrected chi connectivity index (χ2v) is 7.44. The second-order valence-electron chi connectivity index (χ2n) is 7.44. The number of aryl methyl sites for hydroxylation is 2. The number of rotatable bonds is 7. The van der Waals surface area contributed by atoms with Crippen LogP contribution >= 0.6 is 0 Å². The summed E-state index contributed by atoms with van der Waals surface area (Å²) >= 11 is 0. The largest absolute Gasteiger partial charge is 0.497 e. The molecule has 3 aromatic rings. The van der Waals surface area contributed by atoms with E-state index in [-0.39, 0.29) is 18.3 Å². The predicted octanol–water partition coefficient (Wildman–Crippen LogP) is 5.58. The number of hydrogen-bond donors (Lipinski definition) is 1. The van der Waals surface area contributed by atoms with Crippen LogP contribution in [0.3, 0.4) is 0 Å². The lowest BCUT2D eigenvalue weighted by Gasteiger charge is -2.16. The van der Waals surface area contributed by atoms with Gasteiger partial charge in [-0.2, -0.15) is 0 Å². The summed E-state index contributed by atoms with van der Waals surface area (Å²) in [5.41, 5.74) is 4.61. The molecule has 0 saturated heterocycles. The van der Waals surface area contributed by atoms with Gasteiger partial charge in [-0.3, -0.25) is 4.79 Å². The van der Waals surface area contributed by atoms with Gasteiger partial charge >= 0.3 is 5.97 Å². The zero-order chi connectivity index (χ0) is 21.1. The van der Waals surface area contributed by atoms with Crippen LogP contribution < -0.4 is 9.47 Å². The molecule has 1 atom stereocenters. The Bertz CT molecular complexity index is 1060. The van der Waals surface area contributed by atoms with Gasteiger partial charge in [0, 0.05) is 12.0 Å². The molecule has 3 aromatic carbocycles. The van der Waals surface area contributed by atoms with Crippen LogP contribution in [0.4, 0.5) is 4.39 Å². The van der Waals surface area contributed by atoms with Crippen LogP contribution in [0.15, 0.2) is 60.7 Å². The van der Waals surface area contributed by atoms with Crippen molar-refractivity contribution in [2.75, 3.05) is 7.11 Å². The maximum atomic E-state index is 14.3. The van der Waals surface area contributed by atoms with Gasteiger partial charge in [0.2, 0.25) is 0 Å². The molecule has 0 aromatic heterocycles. The van der Waals surface area contributed by atoms with Gasteiger partial charge in [-0.15, -0.1) is 0 Å². The van der Waals surface area contributed by atoms with Crippen molar-refractivity contribution in [1.29, 1.82) is 0 Å². The number of methoxy groups -OCH3 is 1. The highest BCUT2D eigenvalue weighted by molar-refractivity contribution is 5.68. The quantitative estimate of drug-likeness (QED) is 0.556. The zero-order valence-corrected chi connectivity index (χ0v) is 16.7. The molecule has 1 aliphatic carbocycles. The molecule has 0 aliphatic heterocycles. The molecule has 5 heteroatoms. The summed E-state index contributed by atoms with van der Waals surface area (Å²) < 4.78 is 25.7. The number of halogens is 1. The Labute approximate surface area is 174 Å². The minimum absolute atomic E-state index is 0.0472. The number of carboxylic acids is 1. The molecule has 0 saturated carbocycles. The first-order valence-corrected chi connectivity index (χ1v) is 9.97. The van der Waals surface area contributed by atoms with Gasteiger partial charge in [-0.1, -0.05) is 30.3 Å². The summed E-state index contributed by atoms with van der Waals surface area (Å²) in [6.45, 7) is 0. The van der Waals surface area contributed by atoms with Crippen molar-refractivity contribution in [3.05, 3.63) is 83.2 Å². The average molecular weight is 406 g/mol. The number of benzene rings is 3. The Balaban J connectivity index is 1.49. The molecule has 4 nitrogen and oxygen atoms in total. The normalized spacial score (nSPS) is 14.9. The lowest BCUT2D eigenvalue weighted by molar-refractivity contribution is -0.136. The summed E-state index contributed by atoms with van der Waals surface area (Å²) in [5, 5.41) is 8.79. The molecule has 0 spiro atoms. The summed E-state index contributed by atoms with van der Waals surface area (Å²) in [4.78, 5) is 10.7. The highest BCUT2D eigenvalue weighted by Crippen LogP contribution is 2.38. The van der Waals surface area contributed by atoms with E-state index in [4.69, 9.17) is 14.6 Å². The molecular formula is C25H23FO4. The Kier molecular flexibility index (Phi) is 5.70. The van der Waals surface area contributed by atoms with Crippen LogP contribution in [-0.4, -0.2) is 18.2 Å². The van der Waals surface area contributed by atoms with E-state index in [0.717, 1.165) is 40.8 Å². The van der Waals surface area contributed by atoms with E-state index < -0.39 is 5.97 Å². The van der Waals surface area contributed by atoms with Crippen molar-refractivity contribution in [2.45, 2.75) is 31.8 Å². The minimum atomic E-state index is -0.800. The smallest absolute Gasteiger partial charge is 0.303 e. The molecule has 0 amide bonds. The predicted molar refractivity (Wildman–Crippen MR) is 112 cm³/mol. The van der Waals surface area contributed by atoms with E-state index in [1.54, 1.807) is 19.2 Å². The summed E-state index contributed by atoms with van der Waals surface area (Å²) in [6.07, 6.45) is 2.31. The maximum absolute atomic E-state index is 14.3. The average Bonchev–Trinajstić information content (AvgIpc) is 3.15. The molecule has 0 fully saturated rings. The Morgan fingerprint density at radius 3 is 2.57 bits per heavy atom. The summed E-state index contributed by atoms with van der Waals surface area (Å²) in [7, 11) is 1.57. The van der Waals surface area contributed by atoms with E-state index in [1.165, 1.54) is 6.07 Å². The molecule has 154 valence electrons. The van der Waals surface area contributed by atoms with Gasteiger partial charge in [-0.05, 0) is 71.8 Å². The first-order chi connectivity index (χ1) is 14.5. The standard InChI is InChI=1S/C25H23FO4/c1-29-20-9-11-23(26)22(15-20)18-5-10-21-17(14-18)6-12-24(21)30-19-7-2-16(3-8-19)4-13-25(27)28/h2-3,5,7-11,14-15,24H,4,6,12-13H2,1H3,(H,27,28). The third kappa shape index (κ3) is 4.30. The summed E-state index contributed by atoms with van der Waals surface area (Å²) in [6, 6.07) is 18.3. The van der Waals surface area contributed by atoms with E-state index >= 15 is 0 Å². The Morgan fingerprint density at radius 2 is 1.83 bits per heavy atom. The molecule has 30 heavy (non-hydrogen) atoms. The Hall–Kier alpha value is -3.34. The number of hydrogen-bond acceptors (Lipinski definition) is 3. The van der Waals surface area contributed by atoms with Crippen LogP contribution in [-0.2, 0) is 17.6 Å². The molecule has 0 heterocycles. The van der Waals surface area contributed by atoms with Crippen LogP contribution in [0.1, 0.15) is 35.6 Å². The van der Waals surface area contributed by atoms with Gasteiger partial charge in [-0.25, -0.2) is 4.39 Å². The van der Waals surface area contributed by atoms with Crippen molar-refractivity contribution in [3.63, 3.8) is 0 Å². The van der Waals surface area contributed by atoms with E-state index in [9.17, 15) is 9.18 Å². The molecule has 0 bridgehead atoms.